The van der Waals surface area contributed by atoms with Gasteiger partial charge in [0.05, 0.1) is 0 Å². The number of rotatable bonds is 5. The van der Waals surface area contributed by atoms with Gasteiger partial charge in [-0.25, -0.2) is 0 Å². The summed E-state index contributed by atoms with van der Waals surface area (Å²) in [6.07, 6.45) is -0.641. The highest BCUT2D eigenvalue weighted by Crippen LogP contribution is 2.26. The van der Waals surface area contributed by atoms with E-state index in [0.717, 1.165) is 22.4 Å². The van der Waals surface area contributed by atoms with Crippen molar-refractivity contribution in [2.45, 2.75) is 26.0 Å². The van der Waals surface area contributed by atoms with Crippen molar-refractivity contribution in [1.82, 2.24) is 0 Å². The van der Waals surface area contributed by atoms with E-state index in [1.165, 1.54) is 0 Å². The molecule has 0 aliphatic heterocycles. The van der Waals surface area contributed by atoms with Crippen LogP contribution in [0.1, 0.15) is 35.8 Å². The molecule has 106 valence electrons. The van der Waals surface area contributed by atoms with E-state index in [1.54, 1.807) is 0 Å². The molecule has 0 aromatic heterocycles. The Hall–Kier alpha value is -1.84. The first-order valence-corrected chi connectivity index (χ1v) is 6.80. The zero-order valence-corrected chi connectivity index (χ0v) is 11.9. The Kier molecular flexibility index (Phi) is 4.77. The van der Waals surface area contributed by atoms with E-state index in [9.17, 15) is 5.11 Å². The van der Waals surface area contributed by atoms with E-state index in [2.05, 4.69) is 0 Å². The molecule has 0 saturated carbocycles. The second-order valence-electron chi connectivity index (χ2n) is 5.07. The van der Waals surface area contributed by atoms with Crippen LogP contribution in [0.3, 0.4) is 0 Å². The summed E-state index contributed by atoms with van der Waals surface area (Å²) < 4.78 is 5.77. The van der Waals surface area contributed by atoms with Crippen LogP contribution in [0.25, 0.3) is 0 Å². The van der Waals surface area contributed by atoms with Gasteiger partial charge in [-0.1, -0.05) is 42.5 Å². The number of hydrogen-bond acceptors (Lipinski definition) is 3. The first kappa shape index (κ1) is 14.6. The second kappa shape index (κ2) is 6.55. The van der Waals surface area contributed by atoms with Gasteiger partial charge in [-0.05, 0) is 31.0 Å². The standard InChI is InChI=1S/C17H21NO2/c1-12-8-9-15(13(2)18)17(10-12)20-11-16(19)14-6-4-3-5-7-14/h3-10,13,16,19H,11,18H2,1-2H3/t13-,16?/m0/s1. The van der Waals surface area contributed by atoms with Gasteiger partial charge in [-0.15, -0.1) is 0 Å². The average Bonchev–Trinajstić information content (AvgIpc) is 2.45. The lowest BCUT2D eigenvalue weighted by Crippen LogP contribution is -2.13. The summed E-state index contributed by atoms with van der Waals surface area (Å²) in [4.78, 5) is 0. The van der Waals surface area contributed by atoms with Crippen molar-refractivity contribution in [1.29, 1.82) is 0 Å². The minimum absolute atomic E-state index is 0.0977. The SMILES string of the molecule is Cc1ccc([C@H](C)N)c(OCC(O)c2ccccc2)c1. The van der Waals surface area contributed by atoms with Crippen molar-refractivity contribution in [3.63, 3.8) is 0 Å². The second-order valence-corrected chi connectivity index (χ2v) is 5.07. The molecular formula is C17H21NO2. The molecule has 2 aromatic carbocycles. The van der Waals surface area contributed by atoms with Crippen LogP contribution in [0.4, 0.5) is 0 Å². The molecule has 0 fully saturated rings. The molecule has 0 aliphatic carbocycles. The molecule has 2 atom stereocenters. The van der Waals surface area contributed by atoms with E-state index in [1.807, 2.05) is 62.4 Å². The number of aliphatic hydroxyl groups excluding tert-OH is 1. The van der Waals surface area contributed by atoms with Crippen LogP contribution in [-0.4, -0.2) is 11.7 Å². The third kappa shape index (κ3) is 3.59. The zero-order chi connectivity index (χ0) is 14.5. The summed E-state index contributed by atoms with van der Waals surface area (Å²) in [5, 5.41) is 10.1. The lowest BCUT2D eigenvalue weighted by molar-refractivity contribution is 0.107. The van der Waals surface area contributed by atoms with Gasteiger partial charge in [0.15, 0.2) is 0 Å². The molecule has 0 aliphatic rings. The van der Waals surface area contributed by atoms with E-state index in [4.69, 9.17) is 10.5 Å². The minimum atomic E-state index is -0.641. The molecule has 1 unspecified atom stereocenters. The maximum Gasteiger partial charge on any atom is 0.124 e. The van der Waals surface area contributed by atoms with Gasteiger partial charge in [0, 0.05) is 11.6 Å². The highest BCUT2D eigenvalue weighted by atomic mass is 16.5. The minimum Gasteiger partial charge on any atom is -0.490 e. The van der Waals surface area contributed by atoms with Crippen molar-refractivity contribution >= 4 is 0 Å². The molecule has 0 amide bonds. The number of benzene rings is 2. The van der Waals surface area contributed by atoms with Crippen molar-refractivity contribution in [2.75, 3.05) is 6.61 Å². The first-order valence-electron chi connectivity index (χ1n) is 6.80. The summed E-state index contributed by atoms with van der Waals surface area (Å²) in [5.74, 6) is 0.745. The van der Waals surface area contributed by atoms with Crippen LogP contribution in [-0.2, 0) is 0 Å². The summed E-state index contributed by atoms with van der Waals surface area (Å²) in [6, 6.07) is 15.3. The average molecular weight is 271 g/mol. The Labute approximate surface area is 120 Å². The highest BCUT2D eigenvalue weighted by Gasteiger charge is 2.12. The van der Waals surface area contributed by atoms with Crippen LogP contribution < -0.4 is 10.5 Å². The third-order valence-corrected chi connectivity index (χ3v) is 3.24. The predicted octanol–water partition coefficient (Wildman–Crippen LogP) is 3.13. The maximum atomic E-state index is 10.1. The van der Waals surface area contributed by atoms with Gasteiger partial charge in [0.2, 0.25) is 0 Å². The van der Waals surface area contributed by atoms with Gasteiger partial charge in [-0.2, -0.15) is 0 Å². The number of aryl methyl sites for hydroxylation is 1. The number of hydrogen-bond donors (Lipinski definition) is 2. The third-order valence-electron chi connectivity index (χ3n) is 3.24. The zero-order valence-electron chi connectivity index (χ0n) is 11.9. The Bertz CT molecular complexity index is 552. The molecule has 0 saturated heterocycles. The molecule has 3 N–H and O–H groups in total. The largest absolute Gasteiger partial charge is 0.490 e. The van der Waals surface area contributed by atoms with Crippen molar-refractivity contribution in [3.8, 4) is 5.75 Å². The monoisotopic (exact) mass is 271 g/mol. The van der Waals surface area contributed by atoms with E-state index >= 15 is 0 Å². The molecule has 3 nitrogen and oxygen atoms in total. The van der Waals surface area contributed by atoms with Gasteiger partial charge >= 0.3 is 0 Å². The summed E-state index contributed by atoms with van der Waals surface area (Å²) >= 11 is 0. The molecule has 2 aromatic rings. The van der Waals surface area contributed by atoms with Crippen LogP contribution in [0.2, 0.25) is 0 Å². The van der Waals surface area contributed by atoms with Crippen LogP contribution in [0, 0.1) is 6.92 Å². The Morgan fingerprint density at radius 3 is 2.50 bits per heavy atom. The number of ether oxygens (including phenoxy) is 1. The Balaban J connectivity index is 2.09. The Morgan fingerprint density at radius 2 is 1.85 bits per heavy atom. The summed E-state index contributed by atoms with van der Waals surface area (Å²) in [6.45, 7) is 4.14. The van der Waals surface area contributed by atoms with Gasteiger partial charge in [-0.3, -0.25) is 0 Å². The lowest BCUT2D eigenvalue weighted by Gasteiger charge is -2.17. The smallest absolute Gasteiger partial charge is 0.124 e. The topological polar surface area (TPSA) is 55.5 Å². The lowest BCUT2D eigenvalue weighted by atomic mass is 10.1. The molecule has 2 rings (SSSR count). The van der Waals surface area contributed by atoms with E-state index in [0.29, 0.717) is 0 Å². The van der Waals surface area contributed by atoms with Crippen molar-refractivity contribution in [3.05, 3.63) is 65.2 Å². The molecular weight excluding hydrogens is 250 g/mol. The fraction of sp³-hybridized carbons (Fsp3) is 0.294. The summed E-state index contributed by atoms with van der Waals surface area (Å²) in [5.41, 5.74) is 8.85. The molecule has 0 heterocycles. The fourth-order valence-electron chi connectivity index (χ4n) is 2.08. The van der Waals surface area contributed by atoms with E-state index in [-0.39, 0.29) is 12.6 Å². The maximum absolute atomic E-state index is 10.1. The van der Waals surface area contributed by atoms with Crippen LogP contribution >= 0.6 is 0 Å². The normalized spacial score (nSPS) is 13.8. The first-order chi connectivity index (χ1) is 9.58. The van der Waals surface area contributed by atoms with Gasteiger partial charge < -0.3 is 15.6 Å². The van der Waals surface area contributed by atoms with Crippen LogP contribution in [0.5, 0.6) is 5.75 Å². The molecule has 20 heavy (non-hydrogen) atoms. The quantitative estimate of drug-likeness (QED) is 0.878. The Morgan fingerprint density at radius 1 is 1.15 bits per heavy atom. The predicted molar refractivity (Wildman–Crippen MR) is 80.7 cm³/mol. The van der Waals surface area contributed by atoms with Crippen LogP contribution in [0.15, 0.2) is 48.5 Å². The fourth-order valence-corrected chi connectivity index (χ4v) is 2.08. The summed E-state index contributed by atoms with van der Waals surface area (Å²) in [7, 11) is 0. The highest BCUT2D eigenvalue weighted by molar-refractivity contribution is 5.39. The molecule has 0 bridgehead atoms. The molecule has 0 radical (unpaired) electrons. The molecule has 3 heteroatoms. The van der Waals surface area contributed by atoms with Gasteiger partial charge in [0.25, 0.3) is 0 Å². The van der Waals surface area contributed by atoms with Crippen molar-refractivity contribution < 1.29 is 9.84 Å². The molecule has 0 spiro atoms. The van der Waals surface area contributed by atoms with E-state index < -0.39 is 6.10 Å². The van der Waals surface area contributed by atoms with Crippen molar-refractivity contribution in [2.24, 2.45) is 5.73 Å². The number of aliphatic hydroxyl groups is 1. The number of nitrogens with two attached hydrogens (primary N) is 1. The van der Waals surface area contributed by atoms with Gasteiger partial charge in [0.1, 0.15) is 18.5 Å².